The molecule has 0 saturated carbocycles. The van der Waals surface area contributed by atoms with Gasteiger partial charge in [-0.25, -0.2) is 39.9 Å². The first-order chi connectivity index (χ1) is 65.1. The quantitative estimate of drug-likeness (QED) is 0.0111. The van der Waals surface area contributed by atoms with Gasteiger partial charge in [0.2, 0.25) is 0 Å². The summed E-state index contributed by atoms with van der Waals surface area (Å²) in [6, 6.07) is 29.7. The van der Waals surface area contributed by atoms with Gasteiger partial charge in [-0.1, -0.05) is 101 Å². The van der Waals surface area contributed by atoms with Crippen LogP contribution in [-0.4, -0.2) is 256 Å². The van der Waals surface area contributed by atoms with E-state index in [9.17, 15) is 49.2 Å². The second kappa shape index (κ2) is 64.0. The highest BCUT2D eigenvalue weighted by Crippen LogP contribution is 2.25. The molecule has 0 spiro atoms. The van der Waals surface area contributed by atoms with Crippen LogP contribution in [0.4, 0.5) is 46.5 Å². The van der Waals surface area contributed by atoms with Crippen molar-refractivity contribution >= 4 is 183 Å². The van der Waals surface area contributed by atoms with Crippen molar-refractivity contribution in [3.05, 3.63) is 163 Å². The molecule has 0 aliphatic rings. The van der Waals surface area contributed by atoms with Gasteiger partial charge in [0.15, 0.2) is 126 Å². The number of Topliss-reactive ketones (excluding diaryl/α,β-unsaturated/α-hetero) is 2. The zero-order valence-electron chi connectivity index (χ0n) is 76.0. The van der Waals surface area contributed by atoms with E-state index < -0.39 is 67.3 Å². The van der Waals surface area contributed by atoms with E-state index in [0.29, 0.717) is 68.6 Å². The van der Waals surface area contributed by atoms with Gasteiger partial charge in [-0.2, -0.15) is 0 Å². The number of nitrogens with one attached hydrogen (secondary N) is 4. The SMILES string of the molecule is CC(=O)C(N)COc1ccc(CCCCN=C(N)NC(=O)c2nc(Cl)c(N)nc2N)cc1.Cl.Cl.N=C(CCCCCc1ccc(OCCN=C(N)N)cc1)CC(=O)c1nc(Cl)c(N)nc1N.NC(=NCCCCc1ccc(OCCN(C[C@H](O)[C@H](O)CO)C[C@H](O)[C@H](O)CO)cc1)NC(=O)c1nc(Cl)c(N)nc1N.NC(=O)COc1ccc(CCCCN=C(N)NC(=O)c2nc(Cl)c(N)nc2N)cc1. The van der Waals surface area contributed by atoms with E-state index in [1.807, 2.05) is 72.8 Å². The van der Waals surface area contributed by atoms with Crippen molar-refractivity contribution < 1.29 is 78.4 Å². The molecule has 0 aliphatic carbocycles. The number of carbonyl (C=O) groups excluding carboxylic acids is 6. The molecule has 139 heavy (non-hydrogen) atoms. The smallest absolute Gasteiger partial charge is 0.280 e. The fourth-order valence-corrected chi connectivity index (χ4v) is 12.1. The summed E-state index contributed by atoms with van der Waals surface area (Å²) in [5.74, 6) is -1.49. The number of carbonyl (C=O) groups is 6. The number of unbranched alkanes of at least 4 members (excludes halogenated alkanes) is 5. The van der Waals surface area contributed by atoms with Gasteiger partial charge in [-0.3, -0.25) is 69.6 Å². The molecule has 8 rings (SSSR count). The highest BCUT2D eigenvalue weighted by atomic mass is 35.5. The number of aliphatic hydroxyl groups is 6. The zero-order chi connectivity index (χ0) is 101. The van der Waals surface area contributed by atoms with Gasteiger partial charge in [-0.05, 0) is 161 Å². The minimum Gasteiger partial charge on any atom is -0.492 e. The molecular formula is C85H122Cl6N32O16. The van der Waals surface area contributed by atoms with Crippen LogP contribution < -0.4 is 121 Å². The number of aliphatic imine (C=N–C) groups is 4. The fraction of sp³-hybridized carbons (Fsp3) is 0.400. The molecule has 0 fully saturated rings. The van der Waals surface area contributed by atoms with E-state index in [-0.39, 0.29) is 196 Å². The number of aromatic nitrogens is 8. The van der Waals surface area contributed by atoms with E-state index in [2.05, 4.69) is 75.8 Å². The number of nitrogens with zero attached hydrogens (tertiary/aromatic N) is 13. The van der Waals surface area contributed by atoms with Crippen LogP contribution in [0.2, 0.25) is 20.6 Å². The van der Waals surface area contributed by atoms with Crippen molar-refractivity contribution in [3.63, 3.8) is 0 Å². The lowest BCUT2D eigenvalue weighted by Gasteiger charge is -2.29. The van der Waals surface area contributed by atoms with Crippen molar-refractivity contribution in [3.8, 4) is 23.0 Å². The highest BCUT2D eigenvalue weighted by molar-refractivity contribution is 6.33. The summed E-state index contributed by atoms with van der Waals surface area (Å²) in [5, 5.41) is 72.2. The van der Waals surface area contributed by atoms with Gasteiger partial charge >= 0.3 is 0 Å². The lowest BCUT2D eigenvalue weighted by molar-refractivity contribution is -0.120. The Kier molecular flexibility index (Phi) is 55.3. The number of nitrogen functional groups attached to an aromatic ring is 8. The van der Waals surface area contributed by atoms with Crippen molar-refractivity contribution in [1.29, 1.82) is 5.41 Å². The second-order valence-corrected chi connectivity index (χ2v) is 31.5. The number of ether oxygens (including phenoxy) is 4. The average molecular weight is 2060 g/mol. The Balaban J connectivity index is 0.000000479. The predicted molar refractivity (Wildman–Crippen MR) is 538 cm³/mol. The zero-order valence-corrected chi connectivity index (χ0v) is 80.6. The summed E-state index contributed by atoms with van der Waals surface area (Å²) in [7, 11) is 0. The van der Waals surface area contributed by atoms with Crippen LogP contribution >= 0.6 is 71.2 Å². The van der Waals surface area contributed by atoms with E-state index in [4.69, 9.17) is 167 Å². The van der Waals surface area contributed by atoms with Crippen LogP contribution in [0.5, 0.6) is 23.0 Å². The lowest BCUT2D eigenvalue weighted by atomic mass is 10.0. The number of hydrogen-bond donors (Lipinski definition) is 25. The Labute approximate surface area is 833 Å². The lowest BCUT2D eigenvalue weighted by Crippen LogP contribution is -2.47. The molecule has 0 saturated heterocycles. The summed E-state index contributed by atoms with van der Waals surface area (Å²) in [6.07, 6.45) is 6.03. The second-order valence-electron chi connectivity index (χ2n) is 30.1. The third-order valence-electron chi connectivity index (χ3n) is 19.0. The number of anilines is 8. The number of guanidine groups is 4. The largest absolute Gasteiger partial charge is 0.492 e. The number of nitrogens with two attached hydrogens (primary N) is 15. The average Bonchev–Trinajstić information content (AvgIpc) is 0.844. The Morgan fingerprint density at radius 1 is 0.410 bits per heavy atom. The van der Waals surface area contributed by atoms with Crippen LogP contribution in [0, 0.1) is 5.41 Å². The molecule has 0 bridgehead atoms. The van der Waals surface area contributed by atoms with Gasteiger partial charge in [0.05, 0.1) is 44.4 Å². The van der Waals surface area contributed by atoms with Crippen molar-refractivity contribution in [2.45, 2.75) is 134 Å². The molecule has 0 radical (unpaired) electrons. The van der Waals surface area contributed by atoms with Gasteiger partial charge in [0.1, 0.15) is 60.8 Å². The van der Waals surface area contributed by atoms with Crippen LogP contribution in [0.3, 0.4) is 0 Å². The molecule has 40 N–H and O–H groups in total. The predicted octanol–water partition coefficient (Wildman–Crippen LogP) is 1.54. The standard InChI is InChI=1S/C26H41ClN8O8.C21H29ClN8O2.C20H27ClN8O3.C18H23ClN8O3.2ClH/c27-22-24(29)33-23(28)21(32-22)25(42)34-26(30)31-8-2-1-3-15-4-6-16(7-5-15)43-10-9-35(11-17(38)19(40)13-36)12-18(39)20(41)14-37;22-18-20(25)30-19(24)17(29-18)16(31)12-14(23)5-3-1-2-4-13-6-8-15(9-7-13)32-11-10-28-21(26)27;1-11(30)14(22)10-32-13-7-5-12(6-8-13)4-2-3-9-26-20(25)29-19(31)15-17(23)28-18(24)16(21)27-15;19-14-16(22)26-15(21)13(25-14)17(29)27-18(23)24-8-2-1-3-10-4-6-11(7-5-10)30-9-12(20)28;;/h4-7,17-20,36-41H,1-3,8-14H2,(H4,28,29,33)(H3,30,31,34,42);6-9,23H,1-5,10-12H2,(H4,24,25,30)(H4,26,27,28);5-8,14H,2-4,9-10,22H2,1H3,(H4,23,24,28)(H3,25,26,29,31);4-7H,1-3,8-9H2,(H2,20,28)(H4,21,22,26)(H3,23,24,27,29);2*1H/t17-,18-,19+,20+;;;;;/m0...../s1. The molecule has 1 unspecified atom stereocenters. The molecule has 4 heterocycles. The third-order valence-corrected chi connectivity index (χ3v) is 20.2. The first-order valence-electron chi connectivity index (χ1n) is 42.5. The molecule has 0 aliphatic heterocycles. The normalized spacial score (nSPS) is 12.2. The van der Waals surface area contributed by atoms with Crippen LogP contribution in [0.1, 0.15) is 142 Å². The topological polar surface area (TPSA) is 867 Å². The number of halogens is 6. The number of primary amides is 1. The van der Waals surface area contributed by atoms with Crippen LogP contribution in [-0.2, 0) is 35.3 Å². The fourth-order valence-electron chi connectivity index (χ4n) is 11.6. The Morgan fingerprint density at radius 2 is 0.727 bits per heavy atom. The minimum absolute atomic E-state index is 0. The number of hydrogen-bond acceptors (Lipinski definition) is 39. The molecule has 4 aromatic carbocycles. The van der Waals surface area contributed by atoms with Crippen molar-refractivity contribution in [2.24, 2.45) is 60.1 Å². The van der Waals surface area contributed by atoms with Gasteiger partial charge in [0, 0.05) is 45.0 Å². The summed E-state index contributed by atoms with van der Waals surface area (Å²) >= 11 is 23.1. The first-order valence-corrected chi connectivity index (χ1v) is 44.0. The first kappa shape index (κ1) is 120. The maximum Gasteiger partial charge on any atom is 0.280 e. The van der Waals surface area contributed by atoms with E-state index in [1.54, 1.807) is 29.2 Å². The van der Waals surface area contributed by atoms with Crippen LogP contribution in [0.25, 0.3) is 0 Å². The molecule has 54 heteroatoms. The number of aryl methyl sites for hydroxylation is 4. The Hall–Kier alpha value is -13.2. The highest BCUT2D eigenvalue weighted by Gasteiger charge is 2.26. The molecule has 48 nitrogen and oxygen atoms in total. The van der Waals surface area contributed by atoms with E-state index >= 15 is 0 Å². The van der Waals surface area contributed by atoms with E-state index in [1.165, 1.54) is 12.5 Å². The summed E-state index contributed by atoms with van der Waals surface area (Å²) in [6.45, 7) is 2.43. The van der Waals surface area contributed by atoms with Gasteiger partial charge in [-0.15, -0.1) is 24.8 Å². The Morgan fingerprint density at radius 3 is 1.06 bits per heavy atom. The molecular weight excluding hydrogens is 1940 g/mol. The third kappa shape index (κ3) is 46.2. The van der Waals surface area contributed by atoms with Crippen molar-refractivity contribution in [1.82, 2.24) is 60.7 Å². The molecule has 8 aromatic rings. The molecule has 760 valence electrons. The number of rotatable bonds is 50. The van der Waals surface area contributed by atoms with Crippen LogP contribution in [0.15, 0.2) is 117 Å². The van der Waals surface area contributed by atoms with Crippen molar-refractivity contribution in [2.75, 3.05) is 131 Å². The minimum atomic E-state index is -1.36. The molecule has 4 amide bonds. The van der Waals surface area contributed by atoms with Gasteiger partial charge < -0.3 is 141 Å². The number of amides is 4. The summed E-state index contributed by atoms with van der Waals surface area (Å²) < 4.78 is 22.0. The molecule has 5 atom stereocenters. The number of aliphatic hydroxyl groups excluding tert-OH is 6. The monoisotopic (exact) mass is 2060 g/mol. The number of ketones is 2. The summed E-state index contributed by atoms with van der Waals surface area (Å²) in [4.78, 5) is 119. The Bertz CT molecular complexity index is 5340. The summed E-state index contributed by atoms with van der Waals surface area (Å²) in [5.41, 5.74) is 87.2. The molecule has 4 aromatic heterocycles. The maximum atomic E-state index is 12.3. The van der Waals surface area contributed by atoms with E-state index in [0.717, 1.165) is 99.5 Å². The number of benzene rings is 4. The maximum absolute atomic E-state index is 12.3. The van der Waals surface area contributed by atoms with Gasteiger partial charge in [0.25, 0.3) is 23.6 Å².